The molecule has 8 atom stereocenters. The van der Waals surface area contributed by atoms with Crippen LogP contribution in [0.3, 0.4) is 0 Å². The fraction of sp³-hybridized carbons (Fsp3) is 0.667. The van der Waals surface area contributed by atoms with Crippen LogP contribution in [0.5, 0.6) is 0 Å². The number of rotatable bonds is 18. The number of aliphatic hydroxyl groups excluding tert-OH is 2. The number of nitrogens with two attached hydrogens (primary N) is 1. The molecule has 0 spiro atoms. The summed E-state index contributed by atoms with van der Waals surface area (Å²) in [6.07, 6.45) is -6.94. The maximum absolute atomic E-state index is 12.6. The zero-order valence-electron chi connectivity index (χ0n) is 25.2. The Bertz CT molecular complexity index is 1590. The van der Waals surface area contributed by atoms with Crippen LogP contribution in [-0.4, -0.2) is 113 Å². The van der Waals surface area contributed by atoms with Crippen molar-refractivity contribution in [1.29, 1.82) is 0 Å². The van der Waals surface area contributed by atoms with Gasteiger partial charge in [-0.3, -0.25) is 27.8 Å². The van der Waals surface area contributed by atoms with Crippen LogP contribution in [-0.2, 0) is 45.9 Å². The second-order valence-corrected chi connectivity index (χ2v) is 15.4. The summed E-state index contributed by atoms with van der Waals surface area (Å²) in [7, 11) is -16.6. The highest BCUT2D eigenvalue weighted by molar-refractivity contribution is 7.80. The van der Waals surface area contributed by atoms with Gasteiger partial charge in [0.1, 0.15) is 36.3 Å². The van der Waals surface area contributed by atoms with Gasteiger partial charge in [0.15, 0.2) is 17.7 Å². The Morgan fingerprint density at radius 3 is 2.46 bits per heavy atom. The molecule has 1 fully saturated rings. The van der Waals surface area contributed by atoms with Gasteiger partial charge in [0.2, 0.25) is 11.8 Å². The summed E-state index contributed by atoms with van der Waals surface area (Å²) in [6, 6.07) is 0. The highest BCUT2D eigenvalue weighted by Crippen LogP contribution is 2.61. The average Bonchev–Trinajstić information content (AvgIpc) is 3.54. The molecule has 1 aliphatic rings. The zero-order chi connectivity index (χ0) is 36.1. The molecule has 27 heteroatoms. The number of nitrogens with zero attached hydrogens (tertiary/aromatic N) is 4. The van der Waals surface area contributed by atoms with Crippen molar-refractivity contribution < 1.29 is 75.7 Å². The minimum absolute atomic E-state index is 0.0218. The van der Waals surface area contributed by atoms with Gasteiger partial charge in [-0.15, -0.1) is 0 Å². The average molecular weight is 767 g/mol. The molecule has 0 bridgehead atoms. The van der Waals surface area contributed by atoms with Gasteiger partial charge in [-0.25, -0.2) is 24.1 Å². The summed E-state index contributed by atoms with van der Waals surface area (Å²) in [6.45, 7) is 0.673. The number of ether oxygens (including phenoxy) is 1. The minimum atomic E-state index is -5.56. The molecule has 272 valence electrons. The van der Waals surface area contributed by atoms with Crippen LogP contribution in [0.1, 0.15) is 26.5 Å². The smallest absolute Gasteiger partial charge is 0.481 e. The molecule has 0 radical (unpaired) electrons. The second-order valence-electron chi connectivity index (χ2n) is 10.8. The lowest BCUT2D eigenvalue weighted by Gasteiger charge is -2.30. The Kier molecular flexibility index (Phi) is 13.7. The first-order valence-corrected chi connectivity index (χ1v) is 18.8. The van der Waals surface area contributed by atoms with Crippen LogP contribution in [0.15, 0.2) is 12.7 Å². The fourth-order valence-electron chi connectivity index (χ4n) is 4.13. The number of nitrogens with one attached hydrogen (secondary N) is 2. The Labute approximate surface area is 277 Å². The number of carbonyl (C=O) groups excluding carboxylic acids is 2. The third-order valence-corrected chi connectivity index (χ3v) is 9.82. The SMILES string of the molecule is CC(C)(COP(=O)(O)OP(=O)(O)OC[C@H]1O[C@@H](n2cnc3c(N)ncnc32)[C@H](O)[C@@H]1OP(=O)([O-])O)[C@H](O)C(=O)NCCC(=O)NCCS. The normalized spacial score (nSPS) is 24.4. The molecule has 23 nitrogen and oxygen atoms in total. The van der Waals surface area contributed by atoms with E-state index in [4.69, 9.17) is 15.0 Å². The topological polar surface area (TPSA) is 349 Å². The Morgan fingerprint density at radius 1 is 1.15 bits per heavy atom. The molecule has 2 aromatic heterocycles. The minimum Gasteiger partial charge on any atom is -0.756 e. The van der Waals surface area contributed by atoms with Gasteiger partial charge in [0.05, 0.1) is 19.5 Å². The molecule has 2 aromatic rings. The summed E-state index contributed by atoms with van der Waals surface area (Å²) in [5.41, 5.74) is 4.26. The van der Waals surface area contributed by atoms with E-state index in [0.29, 0.717) is 12.3 Å². The van der Waals surface area contributed by atoms with E-state index in [2.05, 4.69) is 51.6 Å². The van der Waals surface area contributed by atoms with Gasteiger partial charge in [-0.05, 0) is 0 Å². The lowest BCUT2D eigenvalue weighted by Crippen LogP contribution is -2.46. The van der Waals surface area contributed by atoms with E-state index in [0.717, 1.165) is 17.2 Å². The Hall–Kier alpha value is -2.11. The first kappa shape index (κ1) is 40.3. The summed E-state index contributed by atoms with van der Waals surface area (Å²) < 4.78 is 61.4. The fourth-order valence-corrected chi connectivity index (χ4v) is 7.06. The molecule has 0 saturated carbocycles. The monoisotopic (exact) mass is 766 g/mol. The number of aromatic nitrogens is 4. The summed E-state index contributed by atoms with van der Waals surface area (Å²) in [4.78, 5) is 76.6. The number of nitrogen functional groups attached to an aromatic ring is 1. The lowest BCUT2D eigenvalue weighted by atomic mass is 9.87. The van der Waals surface area contributed by atoms with E-state index in [9.17, 15) is 53.1 Å². The highest BCUT2D eigenvalue weighted by atomic mass is 32.1. The van der Waals surface area contributed by atoms with Crippen molar-refractivity contribution in [1.82, 2.24) is 30.2 Å². The van der Waals surface area contributed by atoms with Crippen LogP contribution in [0.2, 0.25) is 0 Å². The van der Waals surface area contributed by atoms with Crippen molar-refractivity contribution in [2.24, 2.45) is 5.41 Å². The number of hydrogen-bond acceptors (Lipinski definition) is 18. The van der Waals surface area contributed by atoms with Crippen molar-refractivity contribution in [3.63, 3.8) is 0 Å². The summed E-state index contributed by atoms with van der Waals surface area (Å²) in [5.74, 6) is -0.963. The summed E-state index contributed by atoms with van der Waals surface area (Å²) in [5, 5.41) is 26.0. The number of hydrogen-bond donors (Lipinski definition) is 9. The Morgan fingerprint density at radius 2 is 1.81 bits per heavy atom. The molecule has 0 aliphatic carbocycles. The van der Waals surface area contributed by atoms with E-state index < -0.39 is 78.6 Å². The summed E-state index contributed by atoms with van der Waals surface area (Å²) >= 11 is 3.95. The number of thiol groups is 1. The van der Waals surface area contributed by atoms with Crippen molar-refractivity contribution in [2.45, 2.75) is 50.9 Å². The van der Waals surface area contributed by atoms with Gasteiger partial charge in [0.25, 0.3) is 7.82 Å². The van der Waals surface area contributed by atoms with Gasteiger partial charge in [0, 0.05) is 30.7 Å². The standard InChI is InChI=1S/C21H36N7O16P3S/c1-21(2,16(31)19(32)24-4-3-12(29)23-5-6-48)8-41-47(38,39)44-46(36,37)40-7-11-15(43-45(33,34)35)14(30)20(42-11)28-10-27-13-17(22)25-9-26-18(13)28/h9-11,14-16,20,30-31,48H,3-8H2,1-2H3,(H,23,29)(H,24,32)(H,36,37)(H,38,39)(H2,22,25,26)(H2,33,34,35)/p-1/t11-,14-,15-,16-,20-/m1/s1. The number of carbonyl (C=O) groups is 2. The number of phosphoric ester groups is 3. The Balaban J connectivity index is 1.61. The molecular formula is C21H35N7O16P3S-. The van der Waals surface area contributed by atoms with Crippen molar-refractivity contribution in [3.05, 3.63) is 12.7 Å². The van der Waals surface area contributed by atoms with E-state index >= 15 is 0 Å². The quantitative estimate of drug-likeness (QED) is 0.0569. The van der Waals surface area contributed by atoms with Crippen molar-refractivity contribution >= 4 is 64.9 Å². The largest absolute Gasteiger partial charge is 0.756 e. The predicted octanol–water partition coefficient (Wildman–Crippen LogP) is -2.30. The highest BCUT2D eigenvalue weighted by Gasteiger charge is 2.49. The third-order valence-electron chi connectivity index (χ3n) is 6.51. The molecule has 1 saturated heterocycles. The molecule has 1 aliphatic heterocycles. The van der Waals surface area contributed by atoms with E-state index in [1.165, 1.54) is 13.8 Å². The molecule has 3 rings (SSSR count). The predicted molar refractivity (Wildman–Crippen MR) is 161 cm³/mol. The van der Waals surface area contributed by atoms with Crippen LogP contribution in [0, 0.1) is 5.41 Å². The molecule has 2 amide bonds. The molecule has 3 heterocycles. The molecule has 0 aromatic carbocycles. The zero-order valence-corrected chi connectivity index (χ0v) is 28.7. The van der Waals surface area contributed by atoms with Crippen LogP contribution < -0.4 is 21.3 Å². The first-order valence-electron chi connectivity index (χ1n) is 13.6. The second kappa shape index (κ2) is 16.3. The van der Waals surface area contributed by atoms with Crippen molar-refractivity contribution in [3.8, 4) is 0 Å². The van der Waals surface area contributed by atoms with E-state index in [-0.39, 0.29) is 35.9 Å². The number of phosphoric acid groups is 3. The number of imidazole rings is 1. The van der Waals surface area contributed by atoms with Gasteiger partial charge in [-0.1, -0.05) is 13.8 Å². The van der Waals surface area contributed by atoms with Gasteiger partial charge >= 0.3 is 15.6 Å². The molecule has 3 unspecified atom stereocenters. The van der Waals surface area contributed by atoms with Crippen LogP contribution >= 0.6 is 36.1 Å². The number of aliphatic hydroxyl groups is 2. The van der Waals surface area contributed by atoms with E-state index in [1.807, 2.05) is 0 Å². The lowest BCUT2D eigenvalue weighted by molar-refractivity contribution is -0.228. The number of amides is 2. The molecule has 9 N–H and O–H groups in total. The van der Waals surface area contributed by atoms with Crippen LogP contribution in [0.4, 0.5) is 5.82 Å². The maximum atomic E-state index is 12.6. The third kappa shape index (κ3) is 11.2. The molecule has 48 heavy (non-hydrogen) atoms. The van der Waals surface area contributed by atoms with Crippen molar-refractivity contribution in [2.75, 3.05) is 37.8 Å². The van der Waals surface area contributed by atoms with Gasteiger partial charge < -0.3 is 55.4 Å². The first-order chi connectivity index (χ1) is 22.2. The molecular weight excluding hydrogens is 731 g/mol. The van der Waals surface area contributed by atoms with Crippen LogP contribution in [0.25, 0.3) is 11.2 Å². The number of anilines is 1. The van der Waals surface area contributed by atoms with Gasteiger partial charge in [-0.2, -0.15) is 16.9 Å². The number of fused-ring (bicyclic) bond motifs is 1. The van der Waals surface area contributed by atoms with E-state index in [1.54, 1.807) is 0 Å². The maximum Gasteiger partial charge on any atom is 0.481 e.